The third kappa shape index (κ3) is 5.54. The summed E-state index contributed by atoms with van der Waals surface area (Å²) in [5.41, 5.74) is 1.89. The predicted molar refractivity (Wildman–Crippen MR) is 112 cm³/mol. The molecule has 0 amide bonds. The molecule has 0 atom stereocenters. The summed E-state index contributed by atoms with van der Waals surface area (Å²) in [5.74, 6) is 0.503. The van der Waals surface area contributed by atoms with Crippen LogP contribution in [-0.4, -0.2) is 48.2 Å². The highest BCUT2D eigenvalue weighted by atomic mass is 35.5. The number of thiocarbonyl (C=S) groups is 1. The Morgan fingerprint density at radius 1 is 1.15 bits per heavy atom. The molecule has 144 valence electrons. The second-order valence-corrected chi connectivity index (χ2v) is 7.34. The summed E-state index contributed by atoms with van der Waals surface area (Å²) < 4.78 is 18.4. The van der Waals surface area contributed by atoms with Crippen LogP contribution in [0, 0.1) is 5.82 Å². The van der Waals surface area contributed by atoms with Gasteiger partial charge in [-0.05, 0) is 54.5 Å². The summed E-state index contributed by atoms with van der Waals surface area (Å²) in [6, 6.07) is 12.1. The van der Waals surface area contributed by atoms with Crippen molar-refractivity contribution in [1.29, 1.82) is 0 Å². The number of nitrogens with zero attached hydrogens (tertiary/aromatic N) is 2. The Labute approximate surface area is 169 Å². The summed E-state index contributed by atoms with van der Waals surface area (Å²) >= 11 is 11.7. The maximum Gasteiger partial charge on any atom is 0.173 e. The van der Waals surface area contributed by atoms with Gasteiger partial charge in [-0.25, -0.2) is 4.39 Å². The lowest BCUT2D eigenvalue weighted by Gasteiger charge is -2.25. The fourth-order valence-corrected chi connectivity index (χ4v) is 3.62. The lowest BCUT2D eigenvalue weighted by Crippen LogP contribution is -2.37. The van der Waals surface area contributed by atoms with Gasteiger partial charge in [0.1, 0.15) is 11.6 Å². The van der Waals surface area contributed by atoms with Gasteiger partial charge in [0, 0.05) is 37.7 Å². The minimum atomic E-state index is -0.200. The molecule has 2 aromatic rings. The van der Waals surface area contributed by atoms with Gasteiger partial charge in [-0.3, -0.25) is 4.90 Å². The molecule has 3 rings (SSSR count). The maximum absolute atomic E-state index is 13.1. The number of halogens is 2. The van der Waals surface area contributed by atoms with Crippen LogP contribution in [0.2, 0.25) is 5.02 Å². The van der Waals surface area contributed by atoms with Gasteiger partial charge in [0.25, 0.3) is 0 Å². The SMILES string of the molecule is COc1ccc(Cl)cc1NC(=S)N1CCCN(Cc2ccc(F)cc2)CC1. The Hall–Kier alpha value is -1.89. The van der Waals surface area contributed by atoms with Crippen molar-refractivity contribution in [3.63, 3.8) is 0 Å². The number of nitrogens with one attached hydrogen (secondary N) is 1. The highest BCUT2D eigenvalue weighted by Gasteiger charge is 2.18. The first kappa shape index (κ1) is 19.9. The zero-order valence-electron chi connectivity index (χ0n) is 15.3. The molecule has 0 aromatic heterocycles. The highest BCUT2D eigenvalue weighted by molar-refractivity contribution is 7.80. The molecule has 1 aliphatic rings. The summed E-state index contributed by atoms with van der Waals surface area (Å²) in [7, 11) is 1.62. The van der Waals surface area contributed by atoms with Crippen LogP contribution in [-0.2, 0) is 6.54 Å². The minimum Gasteiger partial charge on any atom is -0.495 e. The topological polar surface area (TPSA) is 27.7 Å². The summed E-state index contributed by atoms with van der Waals surface area (Å²) in [4.78, 5) is 4.54. The fraction of sp³-hybridized carbons (Fsp3) is 0.350. The smallest absolute Gasteiger partial charge is 0.173 e. The number of ether oxygens (including phenoxy) is 1. The first-order chi connectivity index (χ1) is 13.0. The normalized spacial score (nSPS) is 15.3. The van der Waals surface area contributed by atoms with Crippen molar-refractivity contribution in [2.24, 2.45) is 0 Å². The molecule has 2 aromatic carbocycles. The van der Waals surface area contributed by atoms with Gasteiger partial charge in [-0.1, -0.05) is 23.7 Å². The van der Waals surface area contributed by atoms with Gasteiger partial charge in [0.05, 0.1) is 12.8 Å². The predicted octanol–water partition coefficient (Wildman–Crippen LogP) is 4.39. The van der Waals surface area contributed by atoms with Crippen LogP contribution in [0.25, 0.3) is 0 Å². The molecule has 0 unspecified atom stereocenters. The van der Waals surface area contributed by atoms with E-state index in [1.165, 1.54) is 12.1 Å². The van der Waals surface area contributed by atoms with Crippen LogP contribution >= 0.6 is 23.8 Å². The van der Waals surface area contributed by atoms with Crippen molar-refractivity contribution in [1.82, 2.24) is 9.80 Å². The van der Waals surface area contributed by atoms with Crippen LogP contribution in [0.4, 0.5) is 10.1 Å². The largest absolute Gasteiger partial charge is 0.495 e. The van der Waals surface area contributed by atoms with E-state index in [1.807, 2.05) is 24.3 Å². The Morgan fingerprint density at radius 2 is 1.93 bits per heavy atom. The average Bonchev–Trinajstić information content (AvgIpc) is 2.89. The molecule has 1 N–H and O–H groups in total. The summed E-state index contributed by atoms with van der Waals surface area (Å²) in [5, 5.41) is 4.55. The molecule has 7 heteroatoms. The van der Waals surface area contributed by atoms with Crippen molar-refractivity contribution in [3.8, 4) is 5.75 Å². The van der Waals surface area contributed by atoms with Gasteiger partial charge in [-0.15, -0.1) is 0 Å². The number of anilines is 1. The van der Waals surface area contributed by atoms with E-state index in [0.717, 1.165) is 50.4 Å². The van der Waals surface area contributed by atoms with Crippen LogP contribution < -0.4 is 10.1 Å². The van der Waals surface area contributed by atoms with Crippen LogP contribution in [0.3, 0.4) is 0 Å². The van der Waals surface area contributed by atoms with Crippen molar-refractivity contribution < 1.29 is 9.13 Å². The monoisotopic (exact) mass is 407 g/mol. The quantitative estimate of drug-likeness (QED) is 0.758. The van der Waals surface area contributed by atoms with Crippen molar-refractivity contribution in [2.75, 3.05) is 38.6 Å². The van der Waals surface area contributed by atoms with E-state index in [2.05, 4.69) is 15.1 Å². The fourth-order valence-electron chi connectivity index (χ4n) is 3.15. The van der Waals surface area contributed by atoms with Crippen LogP contribution in [0.5, 0.6) is 5.75 Å². The molecule has 1 heterocycles. The van der Waals surface area contributed by atoms with E-state index in [4.69, 9.17) is 28.6 Å². The first-order valence-electron chi connectivity index (χ1n) is 8.91. The minimum absolute atomic E-state index is 0.200. The Kier molecular flexibility index (Phi) is 6.88. The summed E-state index contributed by atoms with van der Waals surface area (Å²) in [6.45, 7) is 4.41. The van der Waals surface area contributed by atoms with Gasteiger partial charge >= 0.3 is 0 Å². The molecule has 1 saturated heterocycles. The van der Waals surface area contributed by atoms with E-state index in [1.54, 1.807) is 13.2 Å². The molecule has 0 bridgehead atoms. The molecule has 27 heavy (non-hydrogen) atoms. The van der Waals surface area contributed by atoms with Gasteiger partial charge < -0.3 is 15.0 Å². The number of benzene rings is 2. The summed E-state index contributed by atoms with van der Waals surface area (Å²) in [6.07, 6.45) is 1.01. The number of hydrogen-bond donors (Lipinski definition) is 1. The molecule has 0 radical (unpaired) electrons. The Morgan fingerprint density at radius 3 is 2.67 bits per heavy atom. The molecular weight excluding hydrogens is 385 g/mol. The highest BCUT2D eigenvalue weighted by Crippen LogP contribution is 2.28. The third-order valence-electron chi connectivity index (χ3n) is 4.60. The molecule has 4 nitrogen and oxygen atoms in total. The first-order valence-corrected chi connectivity index (χ1v) is 9.70. The van der Waals surface area contributed by atoms with E-state index in [9.17, 15) is 4.39 Å². The van der Waals surface area contributed by atoms with Crippen LogP contribution in [0.15, 0.2) is 42.5 Å². The molecule has 0 spiro atoms. The second kappa shape index (κ2) is 9.35. The number of rotatable bonds is 4. The third-order valence-corrected chi connectivity index (χ3v) is 5.19. The zero-order valence-corrected chi connectivity index (χ0v) is 16.8. The standard InChI is InChI=1S/C20H23ClFN3OS/c1-26-19-8-5-16(21)13-18(19)23-20(27)25-10-2-9-24(11-12-25)14-15-3-6-17(22)7-4-15/h3-8,13H,2,9-12,14H2,1H3,(H,23,27). The number of methoxy groups -OCH3 is 1. The van der Waals surface area contributed by atoms with Gasteiger partial charge in [0.2, 0.25) is 0 Å². The zero-order chi connectivity index (χ0) is 19.2. The van der Waals surface area contributed by atoms with E-state index in [-0.39, 0.29) is 5.82 Å². The lowest BCUT2D eigenvalue weighted by molar-refractivity contribution is 0.278. The molecule has 1 aliphatic heterocycles. The van der Waals surface area contributed by atoms with E-state index < -0.39 is 0 Å². The molecular formula is C20H23ClFN3OS. The number of hydrogen-bond acceptors (Lipinski definition) is 3. The van der Waals surface area contributed by atoms with Crippen molar-refractivity contribution >= 4 is 34.6 Å². The van der Waals surface area contributed by atoms with Crippen molar-refractivity contribution in [2.45, 2.75) is 13.0 Å². The average molecular weight is 408 g/mol. The molecule has 0 aliphatic carbocycles. The van der Waals surface area contributed by atoms with Crippen molar-refractivity contribution in [3.05, 3.63) is 58.9 Å². The van der Waals surface area contributed by atoms with E-state index >= 15 is 0 Å². The van der Waals surface area contributed by atoms with Gasteiger partial charge in [0.15, 0.2) is 5.11 Å². The Balaban J connectivity index is 1.58. The molecule has 0 saturated carbocycles. The van der Waals surface area contributed by atoms with E-state index in [0.29, 0.717) is 15.9 Å². The maximum atomic E-state index is 13.1. The van der Waals surface area contributed by atoms with Gasteiger partial charge in [-0.2, -0.15) is 0 Å². The molecule has 1 fully saturated rings. The second-order valence-electron chi connectivity index (χ2n) is 6.52. The van der Waals surface area contributed by atoms with Crippen LogP contribution in [0.1, 0.15) is 12.0 Å². The lowest BCUT2D eigenvalue weighted by atomic mass is 10.2. The Bertz CT molecular complexity index is 787.